The summed E-state index contributed by atoms with van der Waals surface area (Å²) in [6.07, 6.45) is 2.41. The van der Waals surface area contributed by atoms with E-state index < -0.39 is 11.7 Å². The summed E-state index contributed by atoms with van der Waals surface area (Å²) in [4.78, 5) is 41.1. The number of hydrogen-bond acceptors (Lipinski definition) is 5. The molecule has 3 rings (SSSR count). The summed E-state index contributed by atoms with van der Waals surface area (Å²) in [7, 11) is 0. The van der Waals surface area contributed by atoms with Gasteiger partial charge in [-0.2, -0.15) is 0 Å². The zero-order valence-electron chi connectivity index (χ0n) is 18.3. The van der Waals surface area contributed by atoms with Crippen molar-refractivity contribution in [3.05, 3.63) is 72.1 Å². The molecule has 32 heavy (non-hydrogen) atoms. The van der Waals surface area contributed by atoms with Gasteiger partial charge in [0.1, 0.15) is 5.60 Å². The number of rotatable bonds is 6. The third-order valence-corrected chi connectivity index (χ3v) is 4.39. The van der Waals surface area contributed by atoms with Crippen LogP contribution in [-0.4, -0.2) is 41.6 Å². The largest absolute Gasteiger partial charge is 0.444 e. The van der Waals surface area contributed by atoms with Gasteiger partial charge in [0, 0.05) is 25.5 Å². The van der Waals surface area contributed by atoms with E-state index in [0.717, 1.165) is 10.8 Å². The molecular weight excluding hydrogens is 408 g/mol. The highest BCUT2D eigenvalue weighted by molar-refractivity contribution is 6.07. The molecule has 0 bridgehead atoms. The number of pyridine rings is 1. The maximum absolute atomic E-state index is 12.9. The van der Waals surface area contributed by atoms with E-state index in [-0.39, 0.29) is 24.9 Å². The van der Waals surface area contributed by atoms with Crippen molar-refractivity contribution in [2.75, 3.05) is 18.4 Å². The van der Waals surface area contributed by atoms with Crippen LogP contribution in [0.4, 0.5) is 10.5 Å². The molecule has 0 aliphatic heterocycles. The molecule has 0 fully saturated rings. The Hall–Kier alpha value is -3.94. The molecule has 8 heteroatoms. The van der Waals surface area contributed by atoms with Crippen LogP contribution in [-0.2, 0) is 4.74 Å². The molecule has 1 aromatic heterocycles. The standard InChI is InChI=1S/C24H26N4O4/c1-24(2,3)32-23(31)28-20-14-17-8-5-4-7-16(17)13-19(20)22(30)27-12-11-26-21(29)18-9-6-10-25-15-18/h4-10,13-15H,11-12H2,1-3H3,(H,26,29)(H,27,30)(H,28,31). The molecule has 2 aromatic carbocycles. The molecule has 3 amide bonds. The average molecular weight is 434 g/mol. The molecule has 166 valence electrons. The number of amides is 3. The Labute approximate surface area is 186 Å². The summed E-state index contributed by atoms with van der Waals surface area (Å²) >= 11 is 0. The zero-order chi connectivity index (χ0) is 23.1. The summed E-state index contributed by atoms with van der Waals surface area (Å²) in [5, 5.41) is 9.90. The van der Waals surface area contributed by atoms with Crippen LogP contribution >= 0.6 is 0 Å². The van der Waals surface area contributed by atoms with Crippen molar-refractivity contribution < 1.29 is 19.1 Å². The molecule has 3 N–H and O–H groups in total. The van der Waals surface area contributed by atoms with Gasteiger partial charge in [0.25, 0.3) is 11.8 Å². The molecule has 0 saturated carbocycles. The van der Waals surface area contributed by atoms with Crippen molar-refractivity contribution in [3.63, 3.8) is 0 Å². The maximum Gasteiger partial charge on any atom is 0.412 e. The van der Waals surface area contributed by atoms with E-state index in [9.17, 15) is 14.4 Å². The van der Waals surface area contributed by atoms with Crippen LogP contribution in [0.25, 0.3) is 10.8 Å². The van der Waals surface area contributed by atoms with Crippen LogP contribution in [0.2, 0.25) is 0 Å². The number of benzene rings is 2. The quantitative estimate of drug-likeness (QED) is 0.512. The second-order valence-electron chi connectivity index (χ2n) is 8.13. The smallest absolute Gasteiger partial charge is 0.412 e. The second-order valence-corrected chi connectivity index (χ2v) is 8.13. The fraction of sp³-hybridized carbons (Fsp3) is 0.250. The van der Waals surface area contributed by atoms with Gasteiger partial charge >= 0.3 is 6.09 Å². The van der Waals surface area contributed by atoms with Gasteiger partial charge in [0.05, 0.1) is 16.8 Å². The highest BCUT2D eigenvalue weighted by atomic mass is 16.6. The molecule has 0 radical (unpaired) electrons. The van der Waals surface area contributed by atoms with E-state index in [2.05, 4.69) is 20.9 Å². The monoisotopic (exact) mass is 434 g/mol. The van der Waals surface area contributed by atoms with Gasteiger partial charge in [-0.05, 0) is 55.8 Å². The Morgan fingerprint density at radius 3 is 2.19 bits per heavy atom. The molecule has 0 aliphatic rings. The first-order chi connectivity index (χ1) is 15.2. The van der Waals surface area contributed by atoms with E-state index in [1.807, 2.05) is 24.3 Å². The molecule has 0 unspecified atom stereocenters. The molecule has 0 aliphatic carbocycles. The average Bonchev–Trinajstić information content (AvgIpc) is 2.75. The van der Waals surface area contributed by atoms with Gasteiger partial charge in [-0.15, -0.1) is 0 Å². The van der Waals surface area contributed by atoms with Crippen LogP contribution < -0.4 is 16.0 Å². The number of anilines is 1. The predicted molar refractivity (Wildman–Crippen MR) is 123 cm³/mol. The fourth-order valence-corrected chi connectivity index (χ4v) is 2.99. The molecule has 0 atom stereocenters. The van der Waals surface area contributed by atoms with E-state index in [1.54, 1.807) is 51.2 Å². The Morgan fingerprint density at radius 1 is 0.906 bits per heavy atom. The summed E-state index contributed by atoms with van der Waals surface area (Å²) in [5.74, 6) is -0.650. The van der Waals surface area contributed by atoms with Crippen molar-refractivity contribution in [2.24, 2.45) is 0 Å². The maximum atomic E-state index is 12.9. The first kappa shape index (κ1) is 22.7. The van der Waals surface area contributed by atoms with Crippen molar-refractivity contribution in [1.82, 2.24) is 15.6 Å². The van der Waals surface area contributed by atoms with E-state index in [1.165, 1.54) is 6.20 Å². The zero-order valence-corrected chi connectivity index (χ0v) is 18.3. The fourth-order valence-electron chi connectivity index (χ4n) is 2.99. The number of nitrogens with zero attached hydrogens (tertiary/aromatic N) is 1. The van der Waals surface area contributed by atoms with Gasteiger partial charge in [0.2, 0.25) is 0 Å². The number of ether oxygens (including phenoxy) is 1. The number of carbonyl (C=O) groups is 3. The Bertz CT molecular complexity index is 1120. The third kappa shape index (κ3) is 6.28. The summed E-state index contributed by atoms with van der Waals surface area (Å²) in [6, 6.07) is 14.3. The lowest BCUT2D eigenvalue weighted by Gasteiger charge is -2.20. The van der Waals surface area contributed by atoms with Gasteiger partial charge in [0.15, 0.2) is 0 Å². The van der Waals surface area contributed by atoms with Crippen molar-refractivity contribution in [1.29, 1.82) is 0 Å². The lowest BCUT2D eigenvalue weighted by atomic mass is 10.0. The summed E-state index contributed by atoms with van der Waals surface area (Å²) < 4.78 is 5.32. The lowest BCUT2D eigenvalue weighted by Crippen LogP contribution is -2.35. The van der Waals surface area contributed by atoms with Gasteiger partial charge < -0.3 is 15.4 Å². The molecule has 8 nitrogen and oxygen atoms in total. The number of hydrogen-bond donors (Lipinski definition) is 3. The summed E-state index contributed by atoms with van der Waals surface area (Å²) in [6.45, 7) is 5.74. The minimum Gasteiger partial charge on any atom is -0.444 e. The van der Waals surface area contributed by atoms with Crippen molar-refractivity contribution in [3.8, 4) is 0 Å². The first-order valence-corrected chi connectivity index (χ1v) is 10.2. The normalized spacial score (nSPS) is 11.0. The Morgan fingerprint density at radius 2 is 1.56 bits per heavy atom. The Kier molecular flexibility index (Phi) is 7.04. The van der Waals surface area contributed by atoms with Crippen molar-refractivity contribution >= 4 is 34.4 Å². The van der Waals surface area contributed by atoms with Crippen molar-refractivity contribution in [2.45, 2.75) is 26.4 Å². The van der Waals surface area contributed by atoms with E-state index in [4.69, 9.17) is 4.74 Å². The van der Waals surface area contributed by atoms with Crippen LogP contribution in [0.5, 0.6) is 0 Å². The second kappa shape index (κ2) is 9.91. The van der Waals surface area contributed by atoms with Gasteiger partial charge in [-0.3, -0.25) is 19.9 Å². The van der Waals surface area contributed by atoms with Gasteiger partial charge in [-0.25, -0.2) is 4.79 Å². The first-order valence-electron chi connectivity index (χ1n) is 10.2. The molecule has 0 spiro atoms. The molecule has 3 aromatic rings. The van der Waals surface area contributed by atoms with Crippen LogP contribution in [0.3, 0.4) is 0 Å². The van der Waals surface area contributed by atoms with Crippen LogP contribution in [0.1, 0.15) is 41.5 Å². The topological polar surface area (TPSA) is 109 Å². The predicted octanol–water partition coefficient (Wildman–Crippen LogP) is 3.74. The van der Waals surface area contributed by atoms with E-state index >= 15 is 0 Å². The number of carbonyl (C=O) groups excluding carboxylic acids is 3. The highest BCUT2D eigenvalue weighted by Crippen LogP contribution is 2.25. The van der Waals surface area contributed by atoms with Crippen LogP contribution in [0.15, 0.2) is 60.9 Å². The highest BCUT2D eigenvalue weighted by Gasteiger charge is 2.19. The molecule has 0 saturated heterocycles. The summed E-state index contributed by atoms with van der Waals surface area (Å²) in [5.41, 5.74) is 0.413. The molecule has 1 heterocycles. The number of nitrogens with one attached hydrogen (secondary N) is 3. The third-order valence-electron chi connectivity index (χ3n) is 4.39. The number of fused-ring (bicyclic) bond motifs is 1. The number of aromatic nitrogens is 1. The van der Waals surface area contributed by atoms with E-state index in [0.29, 0.717) is 16.8 Å². The molecular formula is C24H26N4O4. The SMILES string of the molecule is CC(C)(C)OC(=O)Nc1cc2ccccc2cc1C(=O)NCCNC(=O)c1cccnc1. The van der Waals surface area contributed by atoms with Gasteiger partial charge in [-0.1, -0.05) is 24.3 Å². The minimum atomic E-state index is -0.671. The van der Waals surface area contributed by atoms with Crippen LogP contribution in [0, 0.1) is 0 Å². The minimum absolute atomic E-state index is 0.212. The lowest BCUT2D eigenvalue weighted by molar-refractivity contribution is 0.0635. The Balaban J connectivity index is 1.69.